The zero-order valence-electron chi connectivity index (χ0n) is 12.6. The molecule has 3 N–H and O–H groups in total. The minimum absolute atomic E-state index is 0.0111. The Labute approximate surface area is 124 Å². The van der Waals surface area contributed by atoms with E-state index in [1.54, 1.807) is 22.8 Å². The fraction of sp³-hybridized carbons (Fsp3) is 0.333. The second-order valence-electron chi connectivity index (χ2n) is 5.22. The molecule has 1 atom stereocenters. The topological polar surface area (TPSA) is 76.2 Å². The number of urea groups is 1. The summed E-state index contributed by atoms with van der Waals surface area (Å²) in [5, 5.41) is 6.94. The van der Waals surface area contributed by atoms with Crippen LogP contribution in [0.3, 0.4) is 0 Å². The predicted molar refractivity (Wildman–Crippen MR) is 82.7 cm³/mol. The molecule has 0 saturated carbocycles. The van der Waals surface area contributed by atoms with Crippen LogP contribution in [0.4, 0.5) is 10.5 Å². The first-order valence-corrected chi connectivity index (χ1v) is 6.81. The molecule has 1 unspecified atom stereocenters. The lowest BCUT2D eigenvalue weighted by Gasteiger charge is -2.17. The molecule has 6 heteroatoms. The lowest BCUT2D eigenvalue weighted by molar-refractivity contribution is 0.220. The smallest absolute Gasteiger partial charge is 0.321 e. The number of carbonyl (C=O) groups excluding carboxylic acids is 1. The number of rotatable bonds is 4. The normalized spacial score (nSPS) is 12.0. The van der Waals surface area contributed by atoms with Gasteiger partial charge in [-0.2, -0.15) is 5.10 Å². The molecule has 0 saturated heterocycles. The minimum atomic E-state index is -0.160. The van der Waals surface area contributed by atoms with E-state index in [1.165, 1.54) is 0 Å². The van der Waals surface area contributed by atoms with Crippen LogP contribution in [0.2, 0.25) is 0 Å². The monoisotopic (exact) mass is 287 g/mol. The van der Waals surface area contributed by atoms with Gasteiger partial charge >= 0.3 is 6.03 Å². The molecule has 2 rings (SSSR count). The fourth-order valence-corrected chi connectivity index (χ4v) is 1.99. The van der Waals surface area contributed by atoms with Crippen molar-refractivity contribution in [3.05, 3.63) is 47.8 Å². The third-order valence-electron chi connectivity index (χ3n) is 3.21. The van der Waals surface area contributed by atoms with E-state index in [1.807, 2.05) is 44.4 Å². The summed E-state index contributed by atoms with van der Waals surface area (Å²) in [7, 11) is 3.60. The highest BCUT2D eigenvalue weighted by Gasteiger charge is 2.10. The van der Waals surface area contributed by atoms with Crippen LogP contribution < -0.4 is 11.1 Å². The molecule has 21 heavy (non-hydrogen) atoms. The number of nitrogens with one attached hydrogen (secondary N) is 1. The number of amides is 2. The lowest BCUT2D eigenvalue weighted by Crippen LogP contribution is -2.30. The van der Waals surface area contributed by atoms with E-state index in [0.29, 0.717) is 6.54 Å². The van der Waals surface area contributed by atoms with Crippen molar-refractivity contribution in [2.45, 2.75) is 19.5 Å². The van der Waals surface area contributed by atoms with Gasteiger partial charge in [0.15, 0.2) is 0 Å². The van der Waals surface area contributed by atoms with Crippen LogP contribution in [0.15, 0.2) is 36.7 Å². The summed E-state index contributed by atoms with van der Waals surface area (Å²) < 4.78 is 1.72. The van der Waals surface area contributed by atoms with Gasteiger partial charge < -0.3 is 16.0 Å². The second-order valence-corrected chi connectivity index (χ2v) is 5.22. The first-order chi connectivity index (χ1) is 9.95. The van der Waals surface area contributed by atoms with Crippen LogP contribution in [0.5, 0.6) is 0 Å². The number of aryl methyl sites for hydroxylation is 1. The summed E-state index contributed by atoms with van der Waals surface area (Å²) >= 11 is 0. The Morgan fingerprint density at radius 3 is 2.62 bits per heavy atom. The van der Waals surface area contributed by atoms with Crippen molar-refractivity contribution in [1.82, 2.24) is 14.7 Å². The number of carbonyl (C=O) groups is 1. The van der Waals surface area contributed by atoms with Gasteiger partial charge in [0.05, 0.1) is 12.7 Å². The van der Waals surface area contributed by atoms with E-state index in [0.717, 1.165) is 16.8 Å². The third kappa shape index (κ3) is 4.06. The Morgan fingerprint density at radius 2 is 2.10 bits per heavy atom. The van der Waals surface area contributed by atoms with Gasteiger partial charge in [-0.1, -0.05) is 12.1 Å². The van der Waals surface area contributed by atoms with E-state index < -0.39 is 0 Å². The maximum absolute atomic E-state index is 12.1. The standard InChI is InChI=1S/C15H21N5O/c1-11(16)13-4-6-14(7-5-13)18-15(21)19(2)9-12-8-17-20(3)10-12/h4-8,10-11H,9,16H2,1-3H3,(H,18,21). The SMILES string of the molecule is CC(N)c1ccc(NC(=O)N(C)Cc2cnn(C)c2)cc1. The summed E-state index contributed by atoms with van der Waals surface area (Å²) in [6.45, 7) is 2.44. The van der Waals surface area contributed by atoms with Crippen LogP contribution in [-0.2, 0) is 13.6 Å². The van der Waals surface area contributed by atoms with Crippen LogP contribution in [-0.4, -0.2) is 27.8 Å². The predicted octanol–water partition coefficient (Wildman–Crippen LogP) is 2.10. The van der Waals surface area contributed by atoms with Crippen molar-refractivity contribution < 1.29 is 4.79 Å². The van der Waals surface area contributed by atoms with Gasteiger partial charge in [0.2, 0.25) is 0 Å². The minimum Gasteiger partial charge on any atom is -0.324 e. The maximum Gasteiger partial charge on any atom is 0.321 e. The molecule has 1 heterocycles. The van der Waals surface area contributed by atoms with Crippen LogP contribution in [0.1, 0.15) is 24.1 Å². The highest BCUT2D eigenvalue weighted by Crippen LogP contribution is 2.14. The number of benzene rings is 1. The summed E-state index contributed by atoms with van der Waals surface area (Å²) in [5.41, 5.74) is 8.58. The fourth-order valence-electron chi connectivity index (χ4n) is 1.99. The summed E-state index contributed by atoms with van der Waals surface area (Å²) in [6, 6.07) is 7.38. The van der Waals surface area contributed by atoms with Crippen molar-refractivity contribution in [3.8, 4) is 0 Å². The highest BCUT2D eigenvalue weighted by molar-refractivity contribution is 5.89. The molecule has 0 aliphatic heterocycles. The molecule has 0 fully saturated rings. The van der Waals surface area contributed by atoms with Crippen molar-refractivity contribution in [3.63, 3.8) is 0 Å². The zero-order chi connectivity index (χ0) is 15.4. The molecule has 0 aliphatic carbocycles. The first kappa shape index (κ1) is 15.1. The number of nitrogens with two attached hydrogens (primary N) is 1. The van der Waals surface area contributed by atoms with E-state index >= 15 is 0 Å². The van der Waals surface area contributed by atoms with Crippen LogP contribution >= 0.6 is 0 Å². The van der Waals surface area contributed by atoms with Crippen molar-refractivity contribution in [2.75, 3.05) is 12.4 Å². The molecule has 2 aromatic rings. The van der Waals surface area contributed by atoms with E-state index in [4.69, 9.17) is 5.73 Å². The van der Waals surface area contributed by atoms with Gasteiger partial charge in [0.25, 0.3) is 0 Å². The Balaban J connectivity index is 1.93. The Morgan fingerprint density at radius 1 is 1.43 bits per heavy atom. The largest absolute Gasteiger partial charge is 0.324 e. The highest BCUT2D eigenvalue weighted by atomic mass is 16.2. The Bertz CT molecular complexity index is 603. The van der Waals surface area contributed by atoms with Crippen LogP contribution in [0.25, 0.3) is 0 Å². The number of aromatic nitrogens is 2. The molecule has 0 aliphatic rings. The second kappa shape index (κ2) is 6.41. The number of anilines is 1. The molecule has 0 bridgehead atoms. The van der Waals surface area contributed by atoms with Gasteiger partial charge in [-0.15, -0.1) is 0 Å². The molecule has 112 valence electrons. The van der Waals surface area contributed by atoms with Crippen LogP contribution in [0, 0.1) is 0 Å². The van der Waals surface area contributed by atoms with Crippen molar-refractivity contribution in [1.29, 1.82) is 0 Å². The van der Waals surface area contributed by atoms with Gasteiger partial charge in [0, 0.05) is 37.6 Å². The lowest BCUT2D eigenvalue weighted by atomic mass is 10.1. The quantitative estimate of drug-likeness (QED) is 0.904. The number of nitrogens with zero attached hydrogens (tertiary/aromatic N) is 3. The van der Waals surface area contributed by atoms with E-state index in [-0.39, 0.29) is 12.1 Å². The van der Waals surface area contributed by atoms with Gasteiger partial charge in [-0.05, 0) is 24.6 Å². The molecule has 1 aromatic heterocycles. The maximum atomic E-state index is 12.1. The number of hydrogen-bond donors (Lipinski definition) is 2. The molecular weight excluding hydrogens is 266 g/mol. The van der Waals surface area contributed by atoms with Crippen molar-refractivity contribution in [2.24, 2.45) is 12.8 Å². The average molecular weight is 287 g/mol. The Kier molecular flexibility index (Phi) is 4.59. The summed E-state index contributed by atoms with van der Waals surface area (Å²) in [4.78, 5) is 13.7. The van der Waals surface area contributed by atoms with E-state index in [2.05, 4.69) is 10.4 Å². The Hall–Kier alpha value is -2.34. The molecular formula is C15H21N5O. The molecule has 2 amide bonds. The van der Waals surface area contributed by atoms with Gasteiger partial charge in [-0.3, -0.25) is 4.68 Å². The average Bonchev–Trinajstić information content (AvgIpc) is 2.84. The van der Waals surface area contributed by atoms with Gasteiger partial charge in [-0.25, -0.2) is 4.79 Å². The zero-order valence-corrected chi connectivity index (χ0v) is 12.6. The first-order valence-electron chi connectivity index (χ1n) is 6.81. The molecule has 0 radical (unpaired) electrons. The molecule has 6 nitrogen and oxygen atoms in total. The summed E-state index contributed by atoms with van der Waals surface area (Å²) in [6.07, 6.45) is 3.64. The van der Waals surface area contributed by atoms with Crippen molar-refractivity contribution >= 4 is 11.7 Å². The number of hydrogen-bond acceptors (Lipinski definition) is 3. The molecule has 0 spiro atoms. The third-order valence-corrected chi connectivity index (χ3v) is 3.21. The van der Waals surface area contributed by atoms with Gasteiger partial charge in [0.1, 0.15) is 0 Å². The summed E-state index contributed by atoms with van der Waals surface area (Å²) in [5.74, 6) is 0. The van der Waals surface area contributed by atoms with E-state index in [9.17, 15) is 4.79 Å². The molecule has 1 aromatic carbocycles.